The topological polar surface area (TPSA) is 86.9 Å². The molecule has 1 aliphatic rings. The molecule has 0 saturated heterocycles. The predicted octanol–water partition coefficient (Wildman–Crippen LogP) is 1.20. The Balaban J connectivity index is 2.21. The van der Waals surface area contributed by atoms with Crippen molar-refractivity contribution in [2.24, 2.45) is 7.05 Å². The molecule has 0 aliphatic carbocycles. The van der Waals surface area contributed by atoms with Gasteiger partial charge in [0.25, 0.3) is 0 Å². The van der Waals surface area contributed by atoms with Crippen molar-refractivity contribution in [3.63, 3.8) is 0 Å². The second-order valence-electron chi connectivity index (χ2n) is 4.80. The van der Waals surface area contributed by atoms with Crippen LogP contribution in [0.4, 0.5) is 5.95 Å². The molecule has 3 rings (SSSR count). The number of hydrogen-bond acceptors (Lipinski definition) is 7. The number of esters is 1. The number of hydrogen-bond donors (Lipinski definition) is 1. The number of nitrogens with one attached hydrogen (secondary N) is 1. The summed E-state index contributed by atoms with van der Waals surface area (Å²) in [7, 11) is 3.20. The van der Waals surface area contributed by atoms with Crippen LogP contribution in [0, 0.1) is 0 Å². The van der Waals surface area contributed by atoms with Gasteiger partial charge in [-0.05, 0) is 19.2 Å². The molecule has 0 spiro atoms. The molecule has 9 heteroatoms. The minimum atomic E-state index is -0.426. The number of ether oxygens (including phenoxy) is 1. The summed E-state index contributed by atoms with van der Waals surface area (Å²) >= 11 is 1.44. The summed E-state index contributed by atoms with van der Waals surface area (Å²) < 4.78 is 8.36. The predicted molar refractivity (Wildman–Crippen MR) is 81.5 cm³/mol. The van der Waals surface area contributed by atoms with Gasteiger partial charge in [-0.1, -0.05) is 11.8 Å². The summed E-state index contributed by atoms with van der Waals surface area (Å²) in [6.45, 7) is 1.83. The lowest BCUT2D eigenvalue weighted by Crippen LogP contribution is -2.30. The van der Waals surface area contributed by atoms with E-state index in [1.54, 1.807) is 15.6 Å². The van der Waals surface area contributed by atoms with Crippen LogP contribution in [-0.2, 0) is 16.6 Å². The Morgan fingerprint density at radius 2 is 2.27 bits per heavy atom. The normalized spacial score (nSPS) is 17.2. The van der Waals surface area contributed by atoms with Crippen LogP contribution in [0.5, 0.6) is 0 Å². The second-order valence-corrected chi connectivity index (χ2v) is 5.58. The van der Waals surface area contributed by atoms with Crippen molar-refractivity contribution >= 4 is 23.7 Å². The van der Waals surface area contributed by atoms with Crippen LogP contribution in [0.25, 0.3) is 0 Å². The number of anilines is 1. The van der Waals surface area contributed by atoms with E-state index in [9.17, 15) is 4.79 Å². The lowest BCUT2D eigenvalue weighted by Gasteiger charge is -2.27. The summed E-state index contributed by atoms with van der Waals surface area (Å²) in [6, 6.07) is 1.43. The molecule has 3 heterocycles. The third-order valence-electron chi connectivity index (χ3n) is 3.56. The molecule has 2 aromatic rings. The van der Waals surface area contributed by atoms with Gasteiger partial charge in [0.05, 0.1) is 18.4 Å². The zero-order valence-electron chi connectivity index (χ0n) is 12.7. The van der Waals surface area contributed by atoms with E-state index in [1.807, 2.05) is 26.3 Å². The first-order valence-corrected chi connectivity index (χ1v) is 7.83. The minimum Gasteiger partial charge on any atom is -0.466 e. The standard InChI is InChI=1S/C13H16N6O2S/c1-7-9(11(20)21-3)10(8-5-6-14-18(8)2)19-12(15-7)16-13(17-19)22-4/h5-6,10H,1-4H3,(H,15,16,17). The van der Waals surface area contributed by atoms with Crippen LogP contribution in [0.3, 0.4) is 0 Å². The van der Waals surface area contributed by atoms with Crippen LogP contribution < -0.4 is 5.32 Å². The van der Waals surface area contributed by atoms with Gasteiger partial charge in [0, 0.05) is 18.9 Å². The summed E-state index contributed by atoms with van der Waals surface area (Å²) in [6.07, 6.45) is 3.59. The molecule has 1 aliphatic heterocycles. The number of carbonyl (C=O) groups is 1. The van der Waals surface area contributed by atoms with Crippen molar-refractivity contribution in [2.75, 3.05) is 18.7 Å². The Morgan fingerprint density at radius 3 is 2.86 bits per heavy atom. The minimum absolute atomic E-state index is 0.400. The van der Waals surface area contributed by atoms with Gasteiger partial charge in [0.15, 0.2) is 0 Å². The van der Waals surface area contributed by atoms with Gasteiger partial charge < -0.3 is 10.1 Å². The molecule has 0 bridgehead atoms. The van der Waals surface area contributed by atoms with E-state index in [1.165, 1.54) is 18.9 Å². The van der Waals surface area contributed by atoms with E-state index < -0.39 is 12.0 Å². The number of aromatic nitrogens is 5. The third-order valence-corrected chi connectivity index (χ3v) is 4.10. The Hall–Kier alpha value is -2.29. The zero-order chi connectivity index (χ0) is 15.9. The fraction of sp³-hybridized carbons (Fsp3) is 0.385. The van der Waals surface area contributed by atoms with E-state index in [2.05, 4.69) is 20.5 Å². The number of carbonyl (C=O) groups excluding carboxylic acids is 1. The van der Waals surface area contributed by atoms with Crippen molar-refractivity contribution in [3.05, 3.63) is 29.2 Å². The van der Waals surface area contributed by atoms with Crippen molar-refractivity contribution in [3.8, 4) is 0 Å². The fourth-order valence-electron chi connectivity index (χ4n) is 2.52. The van der Waals surface area contributed by atoms with Gasteiger partial charge >= 0.3 is 5.97 Å². The highest BCUT2D eigenvalue weighted by Crippen LogP contribution is 2.35. The first kappa shape index (κ1) is 14.6. The molecule has 1 atom stereocenters. The van der Waals surface area contributed by atoms with E-state index in [4.69, 9.17) is 4.74 Å². The summed E-state index contributed by atoms with van der Waals surface area (Å²) in [4.78, 5) is 16.7. The molecule has 22 heavy (non-hydrogen) atoms. The maximum atomic E-state index is 12.3. The van der Waals surface area contributed by atoms with Crippen molar-refractivity contribution in [1.29, 1.82) is 0 Å². The lowest BCUT2D eigenvalue weighted by atomic mass is 10.0. The van der Waals surface area contributed by atoms with Gasteiger partial charge in [-0.2, -0.15) is 10.1 Å². The molecular formula is C13H16N6O2S. The average molecular weight is 320 g/mol. The Kier molecular flexibility index (Phi) is 3.65. The molecule has 116 valence electrons. The van der Waals surface area contributed by atoms with Crippen LogP contribution in [0.15, 0.2) is 28.7 Å². The van der Waals surface area contributed by atoms with Crippen molar-refractivity contribution < 1.29 is 9.53 Å². The molecule has 0 amide bonds. The number of fused-ring (bicyclic) bond motifs is 1. The zero-order valence-corrected chi connectivity index (χ0v) is 13.5. The Bertz CT molecular complexity index is 762. The number of rotatable bonds is 3. The molecule has 0 radical (unpaired) electrons. The molecule has 1 N–H and O–H groups in total. The van der Waals surface area contributed by atoms with Gasteiger partial charge in [-0.15, -0.1) is 5.10 Å². The van der Waals surface area contributed by atoms with Gasteiger partial charge in [0.1, 0.15) is 6.04 Å². The second kappa shape index (κ2) is 5.48. The van der Waals surface area contributed by atoms with Crippen LogP contribution >= 0.6 is 11.8 Å². The van der Waals surface area contributed by atoms with E-state index in [0.29, 0.717) is 22.4 Å². The molecule has 0 aromatic carbocycles. The van der Waals surface area contributed by atoms with Crippen molar-refractivity contribution in [2.45, 2.75) is 18.1 Å². The maximum Gasteiger partial charge on any atom is 0.338 e. The molecular weight excluding hydrogens is 304 g/mol. The molecule has 0 fully saturated rings. The summed E-state index contributed by atoms with van der Waals surface area (Å²) in [5.74, 6) is 0.198. The van der Waals surface area contributed by atoms with Crippen LogP contribution in [0.2, 0.25) is 0 Å². The quantitative estimate of drug-likeness (QED) is 0.671. The number of aryl methyl sites for hydroxylation is 1. The number of thioether (sulfide) groups is 1. The van der Waals surface area contributed by atoms with Gasteiger partial charge in [0.2, 0.25) is 11.1 Å². The monoisotopic (exact) mass is 320 g/mol. The average Bonchev–Trinajstić information content (AvgIpc) is 3.10. The van der Waals surface area contributed by atoms with Gasteiger partial charge in [-0.25, -0.2) is 9.48 Å². The first-order valence-electron chi connectivity index (χ1n) is 6.61. The fourth-order valence-corrected chi connectivity index (χ4v) is 2.87. The largest absolute Gasteiger partial charge is 0.466 e. The number of allylic oxidation sites excluding steroid dienone is 1. The number of nitrogens with zero attached hydrogens (tertiary/aromatic N) is 5. The molecule has 0 saturated carbocycles. The van der Waals surface area contributed by atoms with Crippen LogP contribution in [-0.4, -0.2) is 43.9 Å². The number of methoxy groups -OCH3 is 1. The van der Waals surface area contributed by atoms with Crippen molar-refractivity contribution in [1.82, 2.24) is 24.5 Å². The van der Waals surface area contributed by atoms with E-state index in [0.717, 1.165) is 5.69 Å². The summed E-state index contributed by atoms with van der Waals surface area (Å²) in [5.41, 5.74) is 2.03. The highest BCUT2D eigenvalue weighted by atomic mass is 32.2. The van der Waals surface area contributed by atoms with E-state index >= 15 is 0 Å². The van der Waals surface area contributed by atoms with Crippen LogP contribution in [0.1, 0.15) is 18.7 Å². The SMILES string of the molecule is COC(=O)C1=C(C)Nc2nc(SC)nn2C1c1ccnn1C. The molecule has 8 nitrogen and oxygen atoms in total. The van der Waals surface area contributed by atoms with Gasteiger partial charge in [-0.3, -0.25) is 4.68 Å². The third kappa shape index (κ3) is 2.17. The highest BCUT2D eigenvalue weighted by molar-refractivity contribution is 7.98. The smallest absolute Gasteiger partial charge is 0.338 e. The van der Waals surface area contributed by atoms with E-state index in [-0.39, 0.29) is 0 Å². The lowest BCUT2D eigenvalue weighted by molar-refractivity contribution is -0.136. The molecule has 2 aromatic heterocycles. The summed E-state index contributed by atoms with van der Waals surface area (Å²) in [5, 5.41) is 12.4. The Morgan fingerprint density at radius 1 is 1.50 bits per heavy atom. The Labute approximate surface area is 131 Å². The highest BCUT2D eigenvalue weighted by Gasteiger charge is 2.36. The molecule has 1 unspecified atom stereocenters. The maximum absolute atomic E-state index is 12.3. The first-order chi connectivity index (χ1) is 10.6.